The molecule has 7 nitrogen and oxygen atoms in total. The summed E-state index contributed by atoms with van der Waals surface area (Å²) in [4.78, 5) is 11.9. The molecular formula is C23H29BrN6OS. The van der Waals surface area contributed by atoms with Crippen LogP contribution in [0.4, 0.5) is 5.82 Å². The molecule has 0 amide bonds. The van der Waals surface area contributed by atoms with Gasteiger partial charge in [-0.3, -0.25) is 4.98 Å². The van der Waals surface area contributed by atoms with Crippen molar-refractivity contribution < 1.29 is 4.21 Å². The summed E-state index contributed by atoms with van der Waals surface area (Å²) in [5.74, 6) is 0.981. The maximum atomic E-state index is 13.1. The third-order valence-electron chi connectivity index (χ3n) is 6.84. The average Bonchev–Trinajstić information content (AvgIpc) is 3.35. The Balaban J connectivity index is 1.44. The number of hydrogen-bond donors (Lipinski definition) is 1. The van der Waals surface area contributed by atoms with Crippen LogP contribution in [0, 0.1) is 12.3 Å². The lowest BCUT2D eigenvalue weighted by atomic mass is 9.73. The maximum Gasteiger partial charge on any atom is 0.155 e. The summed E-state index contributed by atoms with van der Waals surface area (Å²) >= 11 is 3.61. The highest BCUT2D eigenvalue weighted by atomic mass is 79.9. The largest absolute Gasteiger partial charge is 0.355 e. The second kappa shape index (κ2) is 7.88. The van der Waals surface area contributed by atoms with E-state index in [0.29, 0.717) is 0 Å². The summed E-state index contributed by atoms with van der Waals surface area (Å²) in [7, 11) is -1.15. The van der Waals surface area contributed by atoms with E-state index in [-0.39, 0.29) is 16.2 Å². The molecule has 1 unspecified atom stereocenters. The fourth-order valence-corrected chi connectivity index (χ4v) is 6.32. The molecule has 4 heterocycles. The van der Waals surface area contributed by atoms with Gasteiger partial charge in [0.15, 0.2) is 5.82 Å². The monoisotopic (exact) mass is 516 g/mol. The smallest absolute Gasteiger partial charge is 0.155 e. The number of pyridine rings is 1. The van der Waals surface area contributed by atoms with Crippen LogP contribution in [0.15, 0.2) is 35.2 Å². The minimum absolute atomic E-state index is 0.00896. The van der Waals surface area contributed by atoms with Gasteiger partial charge in [0.05, 0.1) is 33.7 Å². The van der Waals surface area contributed by atoms with E-state index in [0.717, 1.165) is 59.7 Å². The van der Waals surface area contributed by atoms with E-state index in [1.54, 1.807) is 0 Å². The minimum Gasteiger partial charge on any atom is -0.355 e. The topological polar surface area (TPSA) is 75.4 Å². The fraction of sp³-hybridized carbons (Fsp3) is 0.522. The molecule has 1 saturated heterocycles. The first kappa shape index (κ1) is 22.0. The first-order valence-corrected chi connectivity index (χ1v) is 13.0. The van der Waals surface area contributed by atoms with Gasteiger partial charge in [0.25, 0.3) is 0 Å². The Labute approximate surface area is 199 Å². The van der Waals surface area contributed by atoms with Crippen LogP contribution in [0.1, 0.15) is 56.6 Å². The fourth-order valence-electron chi connectivity index (χ4n) is 5.01. The molecule has 0 radical (unpaired) electrons. The van der Waals surface area contributed by atoms with E-state index in [9.17, 15) is 4.21 Å². The van der Waals surface area contributed by atoms with Gasteiger partial charge in [0, 0.05) is 25.0 Å². The first-order valence-electron chi connectivity index (χ1n) is 11.1. The van der Waals surface area contributed by atoms with Gasteiger partial charge in [0.2, 0.25) is 0 Å². The molecule has 1 aliphatic carbocycles. The Morgan fingerprint density at radius 1 is 1.22 bits per heavy atom. The number of halogens is 1. The van der Waals surface area contributed by atoms with Crippen molar-refractivity contribution in [3.63, 3.8) is 0 Å². The number of hydrogen-bond acceptors (Lipinski definition) is 5. The second-order valence-electron chi connectivity index (χ2n) is 9.94. The Morgan fingerprint density at radius 3 is 2.69 bits per heavy atom. The Morgan fingerprint density at radius 2 is 1.97 bits per heavy atom. The van der Waals surface area contributed by atoms with Gasteiger partial charge in [-0.05, 0) is 86.0 Å². The lowest BCUT2D eigenvalue weighted by molar-refractivity contribution is 0.177. The number of rotatable bonds is 3. The van der Waals surface area contributed by atoms with E-state index in [2.05, 4.69) is 41.7 Å². The molecule has 2 aliphatic rings. The summed E-state index contributed by atoms with van der Waals surface area (Å²) in [5, 5.41) is 4.45. The minimum atomic E-state index is -1.15. The normalized spacial score (nSPS) is 21.3. The predicted octanol–water partition coefficient (Wildman–Crippen LogP) is 4.13. The lowest BCUT2D eigenvalue weighted by Gasteiger charge is -2.44. The number of nitrogens with zero attached hydrogens (tertiary/aromatic N) is 5. The van der Waals surface area contributed by atoms with Crippen molar-refractivity contribution in [2.24, 2.45) is 5.41 Å². The van der Waals surface area contributed by atoms with Crippen molar-refractivity contribution in [3.8, 4) is 0 Å². The second-order valence-corrected chi connectivity index (χ2v) is 12.7. The van der Waals surface area contributed by atoms with Crippen molar-refractivity contribution in [2.75, 3.05) is 18.0 Å². The van der Waals surface area contributed by atoms with E-state index in [1.165, 1.54) is 5.56 Å². The number of aromatic nitrogens is 4. The lowest BCUT2D eigenvalue weighted by Crippen LogP contribution is -2.48. The van der Waals surface area contributed by atoms with E-state index >= 15 is 0 Å². The maximum absolute atomic E-state index is 13.1. The number of piperidine rings is 1. The third kappa shape index (κ3) is 3.58. The average molecular weight is 517 g/mol. The molecule has 0 saturated carbocycles. The van der Waals surface area contributed by atoms with Crippen molar-refractivity contribution in [1.82, 2.24) is 24.3 Å². The van der Waals surface area contributed by atoms with E-state index in [4.69, 9.17) is 4.98 Å². The molecule has 0 bridgehead atoms. The Kier molecular flexibility index (Phi) is 5.41. The van der Waals surface area contributed by atoms with Gasteiger partial charge < -0.3 is 4.90 Å². The Hall–Kier alpha value is -1.84. The highest BCUT2D eigenvalue weighted by molar-refractivity contribution is 9.10. The van der Waals surface area contributed by atoms with Crippen molar-refractivity contribution >= 4 is 38.3 Å². The van der Waals surface area contributed by atoms with Gasteiger partial charge in [-0.25, -0.2) is 18.4 Å². The molecule has 0 aromatic carbocycles. The molecule has 2 atom stereocenters. The van der Waals surface area contributed by atoms with Gasteiger partial charge in [-0.2, -0.15) is 5.10 Å². The molecule has 1 N–H and O–H groups in total. The summed E-state index contributed by atoms with van der Waals surface area (Å²) in [6.07, 6.45) is 6.58. The number of aryl methyl sites for hydroxylation is 1. The zero-order valence-corrected chi connectivity index (χ0v) is 21.3. The van der Waals surface area contributed by atoms with Crippen LogP contribution < -0.4 is 9.62 Å². The highest BCUT2D eigenvalue weighted by Gasteiger charge is 2.49. The van der Waals surface area contributed by atoms with Gasteiger partial charge in [-0.1, -0.05) is 6.07 Å². The zero-order chi connectivity index (χ0) is 22.7. The van der Waals surface area contributed by atoms with Gasteiger partial charge in [-0.15, -0.1) is 0 Å². The van der Waals surface area contributed by atoms with Crippen LogP contribution in [-0.2, 0) is 17.4 Å². The first-order chi connectivity index (χ1) is 15.2. The van der Waals surface area contributed by atoms with Crippen molar-refractivity contribution in [3.05, 3.63) is 52.1 Å². The summed E-state index contributed by atoms with van der Waals surface area (Å²) in [5.41, 5.74) is 4.29. The number of nitrogens with one attached hydrogen (secondary N) is 1. The van der Waals surface area contributed by atoms with Crippen LogP contribution in [-0.4, -0.2) is 41.6 Å². The molecule has 1 aliphatic heterocycles. The van der Waals surface area contributed by atoms with Crippen molar-refractivity contribution in [2.45, 2.75) is 57.7 Å². The molecule has 32 heavy (non-hydrogen) atoms. The zero-order valence-electron chi connectivity index (χ0n) is 18.9. The molecular weight excluding hydrogens is 488 g/mol. The summed E-state index contributed by atoms with van der Waals surface area (Å²) < 4.78 is 19.1. The van der Waals surface area contributed by atoms with Crippen LogP contribution in [0.2, 0.25) is 0 Å². The molecule has 3 aromatic rings. The molecule has 3 aromatic heterocycles. The SMILES string of the molecule is Cc1nc(N2CCC3(CC2)Cc2ncccc2[C@H]3NS(=O)C(C)(C)C)c2ccnn2c1Br. The van der Waals surface area contributed by atoms with Crippen LogP contribution >= 0.6 is 15.9 Å². The number of anilines is 1. The van der Waals surface area contributed by atoms with Crippen LogP contribution in [0.5, 0.6) is 0 Å². The molecule has 170 valence electrons. The third-order valence-corrected chi connectivity index (χ3v) is 9.31. The van der Waals surface area contributed by atoms with Gasteiger partial charge in [0.1, 0.15) is 10.1 Å². The summed E-state index contributed by atoms with van der Waals surface area (Å²) in [6, 6.07) is 6.20. The van der Waals surface area contributed by atoms with Crippen LogP contribution in [0.3, 0.4) is 0 Å². The van der Waals surface area contributed by atoms with E-state index < -0.39 is 11.0 Å². The van der Waals surface area contributed by atoms with Gasteiger partial charge >= 0.3 is 0 Å². The molecule has 5 rings (SSSR count). The van der Waals surface area contributed by atoms with Crippen LogP contribution in [0.25, 0.3) is 5.52 Å². The van der Waals surface area contributed by atoms with E-state index in [1.807, 2.05) is 56.7 Å². The molecule has 1 spiro atoms. The molecule has 1 fully saturated rings. The molecule has 9 heteroatoms. The standard InChI is InChI=1S/C23H29BrN6OS/c1-15-20(24)30-18(7-11-26-30)21(27-15)29-12-8-23(9-13-29)14-17-16(6-5-10-25-17)19(23)28-32(31)22(2,3)4/h5-7,10-11,19,28H,8-9,12-14H2,1-4H3/t19-,32?/m1/s1. The Bertz CT molecular complexity index is 1190. The number of fused-ring (bicyclic) bond motifs is 2. The van der Waals surface area contributed by atoms with Crippen molar-refractivity contribution in [1.29, 1.82) is 0 Å². The predicted molar refractivity (Wildman–Crippen MR) is 131 cm³/mol. The summed E-state index contributed by atoms with van der Waals surface area (Å²) in [6.45, 7) is 9.84. The quantitative estimate of drug-likeness (QED) is 0.566. The highest BCUT2D eigenvalue weighted by Crippen LogP contribution is 2.52.